The molecule has 2 atom stereocenters. The van der Waals surface area contributed by atoms with Crippen LogP contribution < -0.4 is 11.1 Å². The highest BCUT2D eigenvalue weighted by atomic mass is 16.5. The lowest BCUT2D eigenvalue weighted by Crippen LogP contribution is -2.31. The normalized spacial score (nSPS) is 27.6. The van der Waals surface area contributed by atoms with E-state index >= 15 is 0 Å². The fraction of sp³-hybridized carbons (Fsp3) is 1.00. The molecule has 0 radical (unpaired) electrons. The topological polar surface area (TPSA) is 47.3 Å². The number of nitrogens with two attached hydrogens (primary N) is 1. The Bertz CT molecular complexity index is 153. The van der Waals surface area contributed by atoms with Crippen molar-refractivity contribution in [1.29, 1.82) is 0 Å². The van der Waals surface area contributed by atoms with E-state index in [1.165, 1.54) is 32.1 Å². The van der Waals surface area contributed by atoms with Crippen molar-refractivity contribution in [2.75, 3.05) is 26.3 Å². The summed E-state index contributed by atoms with van der Waals surface area (Å²) >= 11 is 0. The van der Waals surface area contributed by atoms with Gasteiger partial charge in [0.25, 0.3) is 0 Å². The first-order chi connectivity index (χ1) is 7.33. The van der Waals surface area contributed by atoms with Gasteiger partial charge in [0, 0.05) is 19.1 Å². The molecule has 3 heteroatoms. The standard InChI is InChI=1S/C12H26N2O/c1-11-3-2-4-12(6-5-11)14-8-10-15-9-7-13/h11-12,14H,2-10,13H2,1H3. The Balaban J connectivity index is 2.00. The van der Waals surface area contributed by atoms with E-state index in [0.717, 1.165) is 25.1 Å². The van der Waals surface area contributed by atoms with Crippen LogP contribution in [-0.4, -0.2) is 32.3 Å². The fourth-order valence-electron chi connectivity index (χ4n) is 2.21. The van der Waals surface area contributed by atoms with E-state index in [2.05, 4.69) is 12.2 Å². The maximum atomic E-state index is 5.34. The summed E-state index contributed by atoms with van der Waals surface area (Å²) in [7, 11) is 0. The van der Waals surface area contributed by atoms with Gasteiger partial charge in [-0.25, -0.2) is 0 Å². The minimum atomic E-state index is 0.626. The first-order valence-electron chi connectivity index (χ1n) is 6.34. The minimum absolute atomic E-state index is 0.626. The Morgan fingerprint density at radius 3 is 2.87 bits per heavy atom. The van der Waals surface area contributed by atoms with E-state index in [-0.39, 0.29) is 0 Å². The van der Waals surface area contributed by atoms with Crippen molar-refractivity contribution in [3.05, 3.63) is 0 Å². The van der Waals surface area contributed by atoms with Gasteiger partial charge < -0.3 is 15.8 Å². The molecule has 0 saturated heterocycles. The lowest BCUT2D eigenvalue weighted by Gasteiger charge is -2.16. The molecule has 1 rings (SSSR count). The second-order valence-electron chi connectivity index (χ2n) is 4.67. The molecular formula is C12H26N2O. The quantitative estimate of drug-likeness (QED) is 0.520. The van der Waals surface area contributed by atoms with Gasteiger partial charge in [0.1, 0.15) is 0 Å². The minimum Gasteiger partial charge on any atom is -0.379 e. The van der Waals surface area contributed by atoms with E-state index < -0.39 is 0 Å². The molecular weight excluding hydrogens is 188 g/mol. The van der Waals surface area contributed by atoms with E-state index in [1.807, 2.05) is 0 Å². The number of hydrogen-bond donors (Lipinski definition) is 2. The van der Waals surface area contributed by atoms with Crippen molar-refractivity contribution in [3.8, 4) is 0 Å². The Morgan fingerprint density at radius 1 is 1.20 bits per heavy atom. The summed E-state index contributed by atoms with van der Waals surface area (Å²) < 4.78 is 5.34. The average molecular weight is 214 g/mol. The Hall–Kier alpha value is -0.120. The number of hydrogen-bond acceptors (Lipinski definition) is 3. The van der Waals surface area contributed by atoms with Gasteiger partial charge in [-0.3, -0.25) is 0 Å². The molecule has 0 aromatic carbocycles. The van der Waals surface area contributed by atoms with Crippen LogP contribution in [0.5, 0.6) is 0 Å². The van der Waals surface area contributed by atoms with Crippen LogP contribution in [0.3, 0.4) is 0 Å². The van der Waals surface area contributed by atoms with Crippen molar-refractivity contribution in [3.63, 3.8) is 0 Å². The summed E-state index contributed by atoms with van der Waals surface area (Å²) in [6.45, 7) is 5.44. The Kier molecular flexibility index (Phi) is 6.98. The van der Waals surface area contributed by atoms with Gasteiger partial charge in [-0.15, -0.1) is 0 Å². The van der Waals surface area contributed by atoms with E-state index in [4.69, 9.17) is 10.5 Å². The number of nitrogens with one attached hydrogen (secondary N) is 1. The van der Waals surface area contributed by atoms with Crippen molar-refractivity contribution < 1.29 is 4.74 Å². The smallest absolute Gasteiger partial charge is 0.0591 e. The predicted octanol–water partition coefficient (Wildman–Crippen LogP) is 1.52. The molecule has 0 amide bonds. The summed E-state index contributed by atoms with van der Waals surface area (Å²) in [6, 6.07) is 0.719. The second kappa shape index (κ2) is 8.08. The molecule has 0 spiro atoms. The lowest BCUT2D eigenvalue weighted by atomic mass is 10.0. The lowest BCUT2D eigenvalue weighted by molar-refractivity contribution is 0.140. The van der Waals surface area contributed by atoms with Crippen LogP contribution in [0.2, 0.25) is 0 Å². The zero-order chi connectivity index (χ0) is 10.9. The first kappa shape index (κ1) is 12.9. The molecule has 3 nitrogen and oxygen atoms in total. The molecule has 0 bridgehead atoms. The third-order valence-corrected chi connectivity index (χ3v) is 3.20. The van der Waals surface area contributed by atoms with Crippen LogP contribution in [0.15, 0.2) is 0 Å². The van der Waals surface area contributed by atoms with E-state index in [0.29, 0.717) is 13.2 Å². The summed E-state index contributed by atoms with van der Waals surface area (Å²) in [4.78, 5) is 0. The first-order valence-corrected chi connectivity index (χ1v) is 6.34. The average Bonchev–Trinajstić information content (AvgIpc) is 2.43. The molecule has 3 N–H and O–H groups in total. The highest BCUT2D eigenvalue weighted by Crippen LogP contribution is 2.22. The van der Waals surface area contributed by atoms with Gasteiger partial charge in [-0.05, 0) is 25.2 Å². The highest BCUT2D eigenvalue weighted by molar-refractivity contribution is 4.72. The molecule has 1 saturated carbocycles. The predicted molar refractivity (Wildman–Crippen MR) is 63.9 cm³/mol. The zero-order valence-electron chi connectivity index (χ0n) is 10.0. The van der Waals surface area contributed by atoms with E-state index in [9.17, 15) is 0 Å². The third kappa shape index (κ3) is 6.13. The zero-order valence-corrected chi connectivity index (χ0v) is 10.0. The van der Waals surface area contributed by atoms with Gasteiger partial charge in [-0.2, -0.15) is 0 Å². The molecule has 0 aromatic heterocycles. The SMILES string of the molecule is CC1CCCC(NCCOCCN)CC1. The Labute approximate surface area is 93.8 Å². The third-order valence-electron chi connectivity index (χ3n) is 3.20. The molecule has 1 aliphatic carbocycles. The fourth-order valence-corrected chi connectivity index (χ4v) is 2.21. The molecule has 15 heavy (non-hydrogen) atoms. The molecule has 0 aromatic rings. The van der Waals surface area contributed by atoms with Crippen molar-refractivity contribution in [2.45, 2.75) is 45.1 Å². The molecule has 1 aliphatic rings. The van der Waals surface area contributed by atoms with Crippen LogP contribution in [0, 0.1) is 5.92 Å². The summed E-state index contributed by atoms with van der Waals surface area (Å²) in [6.07, 6.45) is 6.82. The van der Waals surface area contributed by atoms with Crippen LogP contribution in [0.4, 0.5) is 0 Å². The molecule has 0 aliphatic heterocycles. The van der Waals surface area contributed by atoms with Crippen LogP contribution in [-0.2, 0) is 4.74 Å². The van der Waals surface area contributed by atoms with Gasteiger partial charge >= 0.3 is 0 Å². The van der Waals surface area contributed by atoms with E-state index in [1.54, 1.807) is 0 Å². The summed E-state index contributed by atoms with van der Waals surface area (Å²) in [5.41, 5.74) is 5.34. The van der Waals surface area contributed by atoms with Gasteiger partial charge in [0.05, 0.1) is 13.2 Å². The largest absolute Gasteiger partial charge is 0.379 e. The molecule has 0 heterocycles. The van der Waals surface area contributed by atoms with Gasteiger partial charge in [0.2, 0.25) is 0 Å². The van der Waals surface area contributed by atoms with Crippen molar-refractivity contribution in [1.82, 2.24) is 5.32 Å². The maximum absolute atomic E-state index is 5.34. The summed E-state index contributed by atoms with van der Waals surface area (Å²) in [5.74, 6) is 0.922. The Morgan fingerprint density at radius 2 is 2.07 bits per heavy atom. The monoisotopic (exact) mass is 214 g/mol. The van der Waals surface area contributed by atoms with Crippen LogP contribution in [0.1, 0.15) is 39.0 Å². The molecule has 1 fully saturated rings. The maximum Gasteiger partial charge on any atom is 0.0591 e. The van der Waals surface area contributed by atoms with Gasteiger partial charge in [-0.1, -0.05) is 19.8 Å². The molecule has 90 valence electrons. The second-order valence-corrected chi connectivity index (χ2v) is 4.67. The number of rotatable bonds is 6. The van der Waals surface area contributed by atoms with Crippen LogP contribution in [0.25, 0.3) is 0 Å². The highest BCUT2D eigenvalue weighted by Gasteiger charge is 2.14. The number of ether oxygens (including phenoxy) is 1. The van der Waals surface area contributed by atoms with Crippen molar-refractivity contribution >= 4 is 0 Å². The summed E-state index contributed by atoms with van der Waals surface area (Å²) in [5, 5.41) is 3.58. The van der Waals surface area contributed by atoms with Crippen LogP contribution >= 0.6 is 0 Å². The van der Waals surface area contributed by atoms with Gasteiger partial charge in [0.15, 0.2) is 0 Å². The van der Waals surface area contributed by atoms with Crippen molar-refractivity contribution in [2.24, 2.45) is 11.7 Å². The molecule has 2 unspecified atom stereocenters.